The number of carbonyl (C=O) groups is 2. The van der Waals surface area contributed by atoms with Crippen LogP contribution in [0.25, 0.3) is 0 Å². The van der Waals surface area contributed by atoms with Crippen molar-refractivity contribution in [2.24, 2.45) is 5.10 Å². The van der Waals surface area contributed by atoms with Gasteiger partial charge in [-0.05, 0) is 13.0 Å². The number of amides is 1. The molecule has 0 aliphatic rings. The van der Waals surface area contributed by atoms with Crippen molar-refractivity contribution in [2.45, 2.75) is 6.92 Å². The molecular formula is C10H9N2NaO4. The molecule has 0 radical (unpaired) electrons. The van der Waals surface area contributed by atoms with Gasteiger partial charge in [0.2, 0.25) is 0 Å². The van der Waals surface area contributed by atoms with Crippen molar-refractivity contribution in [2.75, 3.05) is 0 Å². The first-order chi connectivity index (χ1) is 7.50. The van der Waals surface area contributed by atoms with E-state index in [4.69, 9.17) is 5.11 Å². The van der Waals surface area contributed by atoms with Gasteiger partial charge in [-0.25, -0.2) is 10.2 Å². The quantitative estimate of drug-likeness (QED) is 0.335. The number of hydrogen-bond acceptors (Lipinski definition) is 4. The van der Waals surface area contributed by atoms with Crippen LogP contribution in [0.3, 0.4) is 0 Å². The van der Waals surface area contributed by atoms with Crippen molar-refractivity contribution < 1.29 is 49.4 Å². The standard InChI is InChI=1S/C10H10N2O4.Na/c1-6(10(15)16)11-12-9(14)7-3-2-4-8(13)5-7;/h2-5,13H,1H3,(H,12,14)(H,15,16);/q;+1/p-1/b11-6+;. The van der Waals surface area contributed by atoms with Crippen LogP contribution in [0, 0.1) is 0 Å². The Hall–Kier alpha value is -1.37. The SMILES string of the molecule is C/C(=N\NC(=O)c1cccc([O-])c1)C(=O)O.[Na+]. The maximum atomic E-state index is 11.4. The molecule has 7 heteroatoms. The van der Waals surface area contributed by atoms with Crippen LogP contribution >= 0.6 is 0 Å². The molecule has 17 heavy (non-hydrogen) atoms. The summed E-state index contributed by atoms with van der Waals surface area (Å²) in [5.74, 6) is -2.15. The first kappa shape index (κ1) is 15.6. The largest absolute Gasteiger partial charge is 1.00 e. The number of aliphatic carboxylic acids is 1. The number of carbonyl (C=O) groups excluding carboxylic acids is 1. The molecule has 6 nitrogen and oxygen atoms in total. The summed E-state index contributed by atoms with van der Waals surface area (Å²) in [7, 11) is 0. The van der Waals surface area contributed by atoms with E-state index in [-0.39, 0.29) is 46.6 Å². The van der Waals surface area contributed by atoms with Crippen molar-refractivity contribution in [3.8, 4) is 5.75 Å². The van der Waals surface area contributed by atoms with Crippen molar-refractivity contribution in [3.05, 3.63) is 29.8 Å². The maximum absolute atomic E-state index is 11.4. The third kappa shape index (κ3) is 4.99. The van der Waals surface area contributed by atoms with E-state index in [2.05, 4.69) is 5.10 Å². The Kier molecular flexibility index (Phi) is 6.48. The molecule has 0 atom stereocenters. The van der Waals surface area contributed by atoms with Gasteiger partial charge in [0.15, 0.2) is 0 Å². The summed E-state index contributed by atoms with van der Waals surface area (Å²) in [6.07, 6.45) is 0. The molecule has 0 saturated carbocycles. The Morgan fingerprint density at radius 2 is 2.06 bits per heavy atom. The molecule has 0 aliphatic carbocycles. The van der Waals surface area contributed by atoms with E-state index in [0.717, 1.165) is 6.07 Å². The molecule has 0 spiro atoms. The molecule has 0 heterocycles. The van der Waals surface area contributed by atoms with Crippen LogP contribution in [0.5, 0.6) is 5.75 Å². The molecular weight excluding hydrogens is 235 g/mol. The predicted octanol–water partition coefficient (Wildman–Crippen LogP) is -3.05. The molecule has 1 amide bonds. The van der Waals surface area contributed by atoms with E-state index in [1.54, 1.807) is 0 Å². The van der Waals surface area contributed by atoms with Crippen LogP contribution in [0.4, 0.5) is 0 Å². The maximum Gasteiger partial charge on any atom is 1.00 e. The smallest absolute Gasteiger partial charge is 0.872 e. The summed E-state index contributed by atoms with van der Waals surface area (Å²) in [6.45, 7) is 1.24. The third-order valence-corrected chi connectivity index (χ3v) is 1.73. The normalized spacial score (nSPS) is 10.3. The minimum Gasteiger partial charge on any atom is -0.872 e. The Bertz CT molecular complexity index is 459. The molecule has 0 saturated heterocycles. The zero-order chi connectivity index (χ0) is 12.1. The van der Waals surface area contributed by atoms with Crippen LogP contribution in [0.2, 0.25) is 0 Å². The number of nitrogens with one attached hydrogen (secondary N) is 1. The topological polar surface area (TPSA) is 102 Å². The molecule has 2 N–H and O–H groups in total. The van der Waals surface area contributed by atoms with Gasteiger partial charge >= 0.3 is 35.5 Å². The fourth-order valence-electron chi connectivity index (χ4n) is 0.884. The van der Waals surface area contributed by atoms with Crippen LogP contribution in [0.15, 0.2) is 29.4 Å². The molecule has 0 bridgehead atoms. The van der Waals surface area contributed by atoms with Gasteiger partial charge < -0.3 is 10.2 Å². The predicted molar refractivity (Wildman–Crippen MR) is 54.1 cm³/mol. The van der Waals surface area contributed by atoms with Gasteiger partial charge in [0.1, 0.15) is 5.71 Å². The second kappa shape index (κ2) is 7.05. The Labute approximate surface area is 120 Å². The monoisotopic (exact) mass is 244 g/mol. The van der Waals surface area contributed by atoms with E-state index in [9.17, 15) is 14.7 Å². The summed E-state index contributed by atoms with van der Waals surface area (Å²) in [6, 6.07) is 5.32. The van der Waals surface area contributed by atoms with E-state index in [1.165, 1.54) is 25.1 Å². The Morgan fingerprint density at radius 3 is 2.59 bits per heavy atom. The van der Waals surface area contributed by atoms with Gasteiger partial charge in [-0.3, -0.25) is 4.79 Å². The van der Waals surface area contributed by atoms with Gasteiger partial charge in [0.05, 0.1) is 0 Å². The summed E-state index contributed by atoms with van der Waals surface area (Å²) >= 11 is 0. The molecule has 0 unspecified atom stereocenters. The molecule has 0 fully saturated rings. The average Bonchev–Trinajstić information content (AvgIpc) is 2.25. The number of hydrazone groups is 1. The number of carboxylic acids is 1. The number of carboxylic acid groups (broad SMARTS) is 1. The minimum absolute atomic E-state index is 0. The molecule has 0 aromatic heterocycles. The number of benzene rings is 1. The summed E-state index contributed by atoms with van der Waals surface area (Å²) < 4.78 is 0. The molecule has 0 aliphatic heterocycles. The van der Waals surface area contributed by atoms with Gasteiger partial charge in [0, 0.05) is 5.56 Å². The Balaban J connectivity index is 0.00000256. The second-order valence-corrected chi connectivity index (χ2v) is 2.97. The van der Waals surface area contributed by atoms with Crippen LogP contribution in [-0.2, 0) is 4.79 Å². The number of hydrogen-bond donors (Lipinski definition) is 2. The number of nitrogens with zero attached hydrogens (tertiary/aromatic N) is 1. The summed E-state index contributed by atoms with van der Waals surface area (Å²) in [5, 5.41) is 22.8. The summed E-state index contributed by atoms with van der Waals surface area (Å²) in [5.41, 5.74) is 1.93. The molecule has 1 aromatic carbocycles. The van der Waals surface area contributed by atoms with Gasteiger partial charge in [-0.15, -0.1) is 5.75 Å². The van der Waals surface area contributed by atoms with Crippen molar-refractivity contribution >= 4 is 17.6 Å². The van der Waals surface area contributed by atoms with Gasteiger partial charge in [0.25, 0.3) is 5.91 Å². The van der Waals surface area contributed by atoms with Gasteiger partial charge in [-0.2, -0.15) is 5.10 Å². The van der Waals surface area contributed by atoms with Crippen molar-refractivity contribution in [3.63, 3.8) is 0 Å². The Morgan fingerprint density at radius 1 is 1.41 bits per heavy atom. The summed E-state index contributed by atoms with van der Waals surface area (Å²) in [4.78, 5) is 21.7. The first-order valence-corrected chi connectivity index (χ1v) is 4.35. The van der Waals surface area contributed by atoms with Crippen LogP contribution < -0.4 is 40.1 Å². The molecule has 1 aromatic rings. The minimum atomic E-state index is -1.22. The van der Waals surface area contributed by atoms with E-state index < -0.39 is 11.9 Å². The first-order valence-electron chi connectivity index (χ1n) is 4.35. The zero-order valence-corrected chi connectivity index (χ0v) is 11.4. The second-order valence-electron chi connectivity index (χ2n) is 2.97. The fraction of sp³-hybridized carbons (Fsp3) is 0.100. The van der Waals surface area contributed by atoms with Crippen molar-refractivity contribution in [1.82, 2.24) is 5.43 Å². The number of rotatable bonds is 3. The zero-order valence-electron chi connectivity index (χ0n) is 9.43. The molecule has 84 valence electrons. The van der Waals surface area contributed by atoms with Crippen molar-refractivity contribution in [1.29, 1.82) is 0 Å². The van der Waals surface area contributed by atoms with E-state index >= 15 is 0 Å². The van der Waals surface area contributed by atoms with Crippen LogP contribution in [0.1, 0.15) is 17.3 Å². The van der Waals surface area contributed by atoms with E-state index in [1.807, 2.05) is 5.43 Å². The van der Waals surface area contributed by atoms with Gasteiger partial charge in [-0.1, -0.05) is 18.2 Å². The average molecular weight is 244 g/mol. The molecule has 1 rings (SSSR count). The van der Waals surface area contributed by atoms with E-state index in [0.29, 0.717) is 0 Å². The fourth-order valence-corrected chi connectivity index (χ4v) is 0.884. The third-order valence-electron chi connectivity index (χ3n) is 1.73. The van der Waals surface area contributed by atoms with Crippen LogP contribution in [-0.4, -0.2) is 22.7 Å².